The van der Waals surface area contributed by atoms with Gasteiger partial charge >= 0.3 is 0 Å². The number of ether oxygens (including phenoxy) is 1. The molecule has 0 aliphatic rings. The minimum absolute atomic E-state index is 0.154. The summed E-state index contributed by atoms with van der Waals surface area (Å²) in [6, 6.07) is 6.87. The largest absolute Gasteiger partial charge is 0.496 e. The van der Waals surface area contributed by atoms with Gasteiger partial charge in [0, 0.05) is 23.6 Å². The Balaban J connectivity index is 2.19. The summed E-state index contributed by atoms with van der Waals surface area (Å²) in [4.78, 5) is 16.1. The molecule has 0 saturated heterocycles. The molecule has 0 fully saturated rings. The van der Waals surface area contributed by atoms with Gasteiger partial charge in [-0.3, -0.25) is 9.78 Å². The molecule has 20 heavy (non-hydrogen) atoms. The van der Waals surface area contributed by atoms with Crippen LogP contribution in [0.5, 0.6) is 5.75 Å². The van der Waals surface area contributed by atoms with E-state index in [1.54, 1.807) is 30.5 Å². The van der Waals surface area contributed by atoms with Crippen molar-refractivity contribution in [2.75, 3.05) is 12.4 Å². The van der Waals surface area contributed by atoms with Gasteiger partial charge in [-0.25, -0.2) is 0 Å². The SMILES string of the molecule is COc1ccc(NC(=O)c2cncc(C)c2)cc1CO. The van der Waals surface area contributed by atoms with Gasteiger partial charge in [-0.2, -0.15) is 0 Å². The van der Waals surface area contributed by atoms with Gasteiger partial charge in [0.05, 0.1) is 19.3 Å². The van der Waals surface area contributed by atoms with Crippen LogP contribution < -0.4 is 10.1 Å². The van der Waals surface area contributed by atoms with Crippen molar-refractivity contribution in [2.45, 2.75) is 13.5 Å². The Bertz CT molecular complexity index is 626. The number of amides is 1. The number of pyridine rings is 1. The van der Waals surface area contributed by atoms with Gasteiger partial charge in [0.1, 0.15) is 5.75 Å². The molecule has 5 heteroatoms. The van der Waals surface area contributed by atoms with Crippen LogP contribution >= 0.6 is 0 Å². The Kier molecular flexibility index (Phi) is 4.32. The number of hydrogen-bond acceptors (Lipinski definition) is 4. The third-order valence-corrected chi connectivity index (χ3v) is 2.85. The van der Waals surface area contributed by atoms with Gasteiger partial charge in [0.25, 0.3) is 5.91 Å². The van der Waals surface area contributed by atoms with Crippen LogP contribution in [0.3, 0.4) is 0 Å². The van der Waals surface area contributed by atoms with E-state index in [0.29, 0.717) is 22.6 Å². The second-order valence-corrected chi connectivity index (χ2v) is 4.39. The average molecular weight is 272 g/mol. The van der Waals surface area contributed by atoms with Gasteiger partial charge in [0.15, 0.2) is 0 Å². The fourth-order valence-corrected chi connectivity index (χ4v) is 1.86. The van der Waals surface area contributed by atoms with Gasteiger partial charge in [-0.15, -0.1) is 0 Å². The summed E-state index contributed by atoms with van der Waals surface area (Å²) in [7, 11) is 1.53. The summed E-state index contributed by atoms with van der Waals surface area (Å²) >= 11 is 0. The van der Waals surface area contributed by atoms with Gasteiger partial charge < -0.3 is 15.2 Å². The standard InChI is InChI=1S/C15H16N2O3/c1-10-5-11(8-16-7-10)15(19)17-13-3-4-14(20-2)12(6-13)9-18/h3-8,18H,9H2,1-2H3,(H,17,19). The highest BCUT2D eigenvalue weighted by molar-refractivity contribution is 6.04. The molecule has 0 atom stereocenters. The topological polar surface area (TPSA) is 71.5 Å². The smallest absolute Gasteiger partial charge is 0.257 e. The summed E-state index contributed by atoms with van der Waals surface area (Å²) in [5.74, 6) is 0.345. The Labute approximate surface area is 117 Å². The fourth-order valence-electron chi connectivity index (χ4n) is 1.86. The van der Waals surface area contributed by atoms with Crippen molar-refractivity contribution >= 4 is 11.6 Å². The van der Waals surface area contributed by atoms with E-state index in [2.05, 4.69) is 10.3 Å². The molecule has 1 amide bonds. The highest BCUT2D eigenvalue weighted by atomic mass is 16.5. The number of nitrogens with zero attached hydrogens (tertiary/aromatic N) is 1. The molecule has 2 N–H and O–H groups in total. The molecule has 104 valence electrons. The second-order valence-electron chi connectivity index (χ2n) is 4.39. The first-order chi connectivity index (χ1) is 9.63. The maximum atomic E-state index is 12.1. The quantitative estimate of drug-likeness (QED) is 0.894. The summed E-state index contributed by atoms with van der Waals surface area (Å²) in [5.41, 5.74) is 2.63. The number of carbonyl (C=O) groups is 1. The number of rotatable bonds is 4. The lowest BCUT2D eigenvalue weighted by molar-refractivity contribution is 0.102. The number of benzene rings is 1. The monoisotopic (exact) mass is 272 g/mol. The Morgan fingerprint density at radius 1 is 1.35 bits per heavy atom. The van der Waals surface area contributed by atoms with Crippen molar-refractivity contribution in [2.24, 2.45) is 0 Å². The number of carbonyl (C=O) groups excluding carboxylic acids is 1. The Morgan fingerprint density at radius 3 is 2.80 bits per heavy atom. The molecule has 1 aromatic carbocycles. The molecule has 0 bridgehead atoms. The van der Waals surface area contributed by atoms with E-state index in [-0.39, 0.29) is 12.5 Å². The first-order valence-electron chi connectivity index (χ1n) is 6.15. The molecule has 0 aliphatic heterocycles. The molecule has 0 saturated carbocycles. The van der Waals surface area contributed by atoms with Crippen molar-refractivity contribution in [1.82, 2.24) is 4.98 Å². The van der Waals surface area contributed by atoms with Gasteiger partial charge in [0.2, 0.25) is 0 Å². The maximum Gasteiger partial charge on any atom is 0.257 e. The van der Waals surface area contributed by atoms with E-state index < -0.39 is 0 Å². The summed E-state index contributed by atoms with van der Waals surface area (Å²) in [6.07, 6.45) is 3.20. The van der Waals surface area contributed by atoms with E-state index in [4.69, 9.17) is 4.74 Å². The van der Waals surface area contributed by atoms with Crippen LogP contribution in [0, 0.1) is 6.92 Å². The first kappa shape index (κ1) is 14.0. The number of aryl methyl sites for hydroxylation is 1. The Morgan fingerprint density at radius 2 is 2.15 bits per heavy atom. The average Bonchev–Trinajstić information content (AvgIpc) is 2.47. The number of nitrogens with one attached hydrogen (secondary N) is 1. The van der Waals surface area contributed by atoms with Crippen molar-refractivity contribution in [3.05, 3.63) is 53.3 Å². The van der Waals surface area contributed by atoms with E-state index in [0.717, 1.165) is 5.56 Å². The number of aliphatic hydroxyl groups is 1. The number of anilines is 1. The molecule has 2 aromatic rings. The minimum Gasteiger partial charge on any atom is -0.496 e. The number of hydrogen-bond donors (Lipinski definition) is 2. The predicted molar refractivity (Wildman–Crippen MR) is 75.8 cm³/mol. The lowest BCUT2D eigenvalue weighted by Gasteiger charge is -2.10. The lowest BCUT2D eigenvalue weighted by Crippen LogP contribution is -2.12. The minimum atomic E-state index is -0.241. The summed E-state index contributed by atoms with van der Waals surface area (Å²) in [6.45, 7) is 1.72. The van der Waals surface area contributed by atoms with Crippen molar-refractivity contribution in [3.63, 3.8) is 0 Å². The lowest BCUT2D eigenvalue weighted by atomic mass is 10.1. The second kappa shape index (κ2) is 6.16. The molecule has 1 aromatic heterocycles. The molecule has 0 unspecified atom stereocenters. The van der Waals surface area contributed by atoms with Crippen LogP contribution in [0.4, 0.5) is 5.69 Å². The third kappa shape index (κ3) is 3.13. The number of methoxy groups -OCH3 is 1. The van der Waals surface area contributed by atoms with Crippen molar-refractivity contribution in [1.29, 1.82) is 0 Å². The highest BCUT2D eigenvalue weighted by Crippen LogP contribution is 2.22. The van der Waals surface area contributed by atoms with Crippen molar-refractivity contribution in [3.8, 4) is 5.75 Å². The molecule has 2 rings (SSSR count). The van der Waals surface area contributed by atoms with E-state index in [9.17, 15) is 9.90 Å². The molecule has 0 aliphatic carbocycles. The molecular weight excluding hydrogens is 256 g/mol. The molecule has 0 spiro atoms. The van der Waals surface area contributed by atoms with Crippen LogP contribution in [-0.2, 0) is 6.61 Å². The molecule has 1 heterocycles. The van der Waals surface area contributed by atoms with Gasteiger partial charge in [-0.1, -0.05) is 0 Å². The van der Waals surface area contributed by atoms with Crippen LogP contribution in [0.15, 0.2) is 36.7 Å². The number of aliphatic hydroxyl groups excluding tert-OH is 1. The van der Waals surface area contributed by atoms with Crippen LogP contribution in [0.2, 0.25) is 0 Å². The molecule has 5 nitrogen and oxygen atoms in total. The maximum absolute atomic E-state index is 12.1. The zero-order chi connectivity index (χ0) is 14.5. The predicted octanol–water partition coefficient (Wildman–Crippen LogP) is 2.14. The zero-order valence-electron chi connectivity index (χ0n) is 11.4. The Hall–Kier alpha value is -2.40. The van der Waals surface area contributed by atoms with E-state index in [1.165, 1.54) is 13.3 Å². The van der Waals surface area contributed by atoms with Crippen LogP contribution in [-0.4, -0.2) is 23.1 Å². The molecule has 0 radical (unpaired) electrons. The van der Waals surface area contributed by atoms with Crippen molar-refractivity contribution < 1.29 is 14.6 Å². The van der Waals surface area contributed by atoms with Gasteiger partial charge in [-0.05, 0) is 36.8 Å². The first-order valence-corrected chi connectivity index (χ1v) is 6.15. The van der Waals surface area contributed by atoms with Crippen LogP contribution in [0.25, 0.3) is 0 Å². The molecular formula is C15H16N2O3. The highest BCUT2D eigenvalue weighted by Gasteiger charge is 2.09. The zero-order valence-corrected chi connectivity index (χ0v) is 11.4. The van der Waals surface area contributed by atoms with E-state index >= 15 is 0 Å². The normalized spacial score (nSPS) is 10.2. The van der Waals surface area contributed by atoms with Crippen LogP contribution in [0.1, 0.15) is 21.5 Å². The fraction of sp³-hybridized carbons (Fsp3) is 0.200. The number of aromatic nitrogens is 1. The summed E-state index contributed by atoms with van der Waals surface area (Å²) in [5, 5.41) is 12.0. The van der Waals surface area contributed by atoms with E-state index in [1.807, 2.05) is 6.92 Å². The summed E-state index contributed by atoms with van der Waals surface area (Å²) < 4.78 is 5.11. The third-order valence-electron chi connectivity index (χ3n) is 2.85.